The molecule has 0 fully saturated rings. The SMILES string of the molecule is CCCC(CC(=O)NC(C)c1ccccc1)c1ccccc1. The van der Waals surface area contributed by atoms with E-state index in [0.717, 1.165) is 18.4 Å². The molecule has 0 aliphatic heterocycles. The minimum Gasteiger partial charge on any atom is -0.350 e. The summed E-state index contributed by atoms with van der Waals surface area (Å²) in [5.41, 5.74) is 2.40. The van der Waals surface area contributed by atoms with E-state index in [-0.39, 0.29) is 11.9 Å². The van der Waals surface area contributed by atoms with E-state index in [4.69, 9.17) is 0 Å². The molecular weight excluding hydrogens is 270 g/mol. The quantitative estimate of drug-likeness (QED) is 0.778. The molecule has 2 aromatic rings. The van der Waals surface area contributed by atoms with Crippen LogP contribution in [-0.2, 0) is 4.79 Å². The smallest absolute Gasteiger partial charge is 0.221 e. The highest BCUT2D eigenvalue weighted by atomic mass is 16.1. The van der Waals surface area contributed by atoms with Gasteiger partial charge in [0.05, 0.1) is 6.04 Å². The Morgan fingerprint density at radius 1 is 0.955 bits per heavy atom. The second-order valence-electron chi connectivity index (χ2n) is 5.80. The van der Waals surface area contributed by atoms with Crippen LogP contribution in [0.2, 0.25) is 0 Å². The summed E-state index contributed by atoms with van der Waals surface area (Å²) in [6, 6.07) is 20.5. The van der Waals surface area contributed by atoms with Crippen LogP contribution in [0.15, 0.2) is 60.7 Å². The molecule has 0 saturated heterocycles. The van der Waals surface area contributed by atoms with Crippen molar-refractivity contribution >= 4 is 5.91 Å². The monoisotopic (exact) mass is 295 g/mol. The lowest BCUT2D eigenvalue weighted by molar-refractivity contribution is -0.122. The molecule has 1 N–H and O–H groups in total. The molecule has 116 valence electrons. The Morgan fingerprint density at radius 2 is 1.50 bits per heavy atom. The predicted octanol–water partition coefficient (Wildman–Crippen LogP) is 4.84. The van der Waals surface area contributed by atoms with E-state index in [1.807, 2.05) is 55.5 Å². The third-order valence-electron chi connectivity index (χ3n) is 4.02. The molecule has 0 aliphatic rings. The average molecular weight is 295 g/mol. The molecule has 0 saturated carbocycles. The third-order valence-corrected chi connectivity index (χ3v) is 4.02. The number of carbonyl (C=O) groups is 1. The summed E-state index contributed by atoms with van der Waals surface area (Å²) >= 11 is 0. The van der Waals surface area contributed by atoms with Gasteiger partial charge in [-0.05, 0) is 30.4 Å². The van der Waals surface area contributed by atoms with Crippen molar-refractivity contribution in [3.8, 4) is 0 Å². The second-order valence-corrected chi connectivity index (χ2v) is 5.80. The Balaban J connectivity index is 1.97. The molecule has 2 rings (SSSR count). The van der Waals surface area contributed by atoms with Gasteiger partial charge < -0.3 is 5.32 Å². The maximum absolute atomic E-state index is 12.4. The van der Waals surface area contributed by atoms with Crippen LogP contribution < -0.4 is 5.32 Å². The summed E-state index contributed by atoms with van der Waals surface area (Å²) in [5.74, 6) is 0.424. The summed E-state index contributed by atoms with van der Waals surface area (Å²) < 4.78 is 0. The first-order chi connectivity index (χ1) is 10.7. The van der Waals surface area contributed by atoms with E-state index >= 15 is 0 Å². The summed E-state index contributed by atoms with van der Waals surface area (Å²) in [6.07, 6.45) is 2.67. The fraction of sp³-hybridized carbons (Fsp3) is 0.350. The lowest BCUT2D eigenvalue weighted by atomic mass is 9.91. The van der Waals surface area contributed by atoms with Crippen molar-refractivity contribution in [3.05, 3.63) is 71.8 Å². The molecule has 0 aliphatic carbocycles. The van der Waals surface area contributed by atoms with Gasteiger partial charge in [-0.15, -0.1) is 0 Å². The van der Waals surface area contributed by atoms with E-state index in [1.54, 1.807) is 0 Å². The zero-order valence-corrected chi connectivity index (χ0v) is 13.5. The number of benzene rings is 2. The highest BCUT2D eigenvalue weighted by Crippen LogP contribution is 2.25. The Morgan fingerprint density at radius 3 is 2.05 bits per heavy atom. The number of nitrogens with one attached hydrogen (secondary N) is 1. The highest BCUT2D eigenvalue weighted by molar-refractivity contribution is 5.77. The Labute approximate surface area is 133 Å². The lowest BCUT2D eigenvalue weighted by Gasteiger charge is -2.19. The number of rotatable bonds is 7. The van der Waals surface area contributed by atoms with Gasteiger partial charge in [-0.2, -0.15) is 0 Å². The van der Waals surface area contributed by atoms with Gasteiger partial charge in [0.25, 0.3) is 0 Å². The van der Waals surface area contributed by atoms with Crippen molar-refractivity contribution < 1.29 is 4.79 Å². The molecule has 0 aromatic heterocycles. The summed E-state index contributed by atoms with van der Waals surface area (Å²) in [6.45, 7) is 4.20. The molecule has 2 nitrogen and oxygen atoms in total. The first-order valence-corrected chi connectivity index (χ1v) is 8.10. The molecule has 2 atom stereocenters. The zero-order valence-electron chi connectivity index (χ0n) is 13.5. The van der Waals surface area contributed by atoms with Crippen molar-refractivity contribution in [2.75, 3.05) is 0 Å². The van der Waals surface area contributed by atoms with Crippen LogP contribution >= 0.6 is 0 Å². The van der Waals surface area contributed by atoms with Crippen LogP contribution in [0.5, 0.6) is 0 Å². The standard InChI is InChI=1S/C20H25NO/c1-3-10-19(18-13-8-5-9-14-18)15-20(22)21-16(2)17-11-6-4-7-12-17/h4-9,11-14,16,19H,3,10,15H2,1-2H3,(H,21,22). The minimum absolute atomic E-state index is 0.0479. The fourth-order valence-corrected chi connectivity index (χ4v) is 2.81. The lowest BCUT2D eigenvalue weighted by Crippen LogP contribution is -2.28. The van der Waals surface area contributed by atoms with Gasteiger partial charge in [-0.3, -0.25) is 4.79 Å². The van der Waals surface area contributed by atoms with Gasteiger partial charge in [0.2, 0.25) is 5.91 Å². The Kier molecular flexibility index (Phi) is 6.20. The maximum Gasteiger partial charge on any atom is 0.221 e. The molecular formula is C20H25NO. The minimum atomic E-state index is 0.0479. The molecule has 1 amide bonds. The maximum atomic E-state index is 12.4. The summed E-state index contributed by atoms with van der Waals surface area (Å²) in [5, 5.41) is 3.12. The molecule has 0 spiro atoms. The first kappa shape index (κ1) is 16.3. The summed E-state index contributed by atoms with van der Waals surface area (Å²) in [7, 11) is 0. The number of amides is 1. The molecule has 2 unspecified atom stereocenters. The molecule has 2 aromatic carbocycles. The van der Waals surface area contributed by atoms with Crippen LogP contribution in [0.25, 0.3) is 0 Å². The van der Waals surface area contributed by atoms with Crippen molar-refractivity contribution in [2.24, 2.45) is 0 Å². The van der Waals surface area contributed by atoms with Crippen LogP contribution in [0, 0.1) is 0 Å². The topological polar surface area (TPSA) is 29.1 Å². The molecule has 22 heavy (non-hydrogen) atoms. The number of hydrogen-bond acceptors (Lipinski definition) is 1. The van der Waals surface area contributed by atoms with Gasteiger partial charge >= 0.3 is 0 Å². The fourth-order valence-electron chi connectivity index (χ4n) is 2.81. The van der Waals surface area contributed by atoms with Gasteiger partial charge in [0, 0.05) is 6.42 Å². The van der Waals surface area contributed by atoms with Gasteiger partial charge in [-0.25, -0.2) is 0 Å². The second kappa shape index (κ2) is 8.38. The van der Waals surface area contributed by atoms with E-state index in [9.17, 15) is 4.79 Å². The van der Waals surface area contributed by atoms with Crippen LogP contribution in [0.3, 0.4) is 0 Å². The van der Waals surface area contributed by atoms with Crippen molar-refractivity contribution in [1.29, 1.82) is 0 Å². The van der Waals surface area contributed by atoms with E-state index in [2.05, 4.69) is 24.4 Å². The van der Waals surface area contributed by atoms with Crippen molar-refractivity contribution in [2.45, 2.75) is 45.1 Å². The van der Waals surface area contributed by atoms with Crippen molar-refractivity contribution in [1.82, 2.24) is 5.32 Å². The number of hydrogen-bond donors (Lipinski definition) is 1. The highest BCUT2D eigenvalue weighted by Gasteiger charge is 2.17. The molecule has 0 bridgehead atoms. The predicted molar refractivity (Wildman–Crippen MR) is 91.7 cm³/mol. The van der Waals surface area contributed by atoms with Crippen LogP contribution in [0.4, 0.5) is 0 Å². The Hall–Kier alpha value is -2.09. The van der Waals surface area contributed by atoms with Crippen LogP contribution in [0.1, 0.15) is 56.2 Å². The average Bonchev–Trinajstić information content (AvgIpc) is 2.56. The largest absolute Gasteiger partial charge is 0.350 e. The van der Waals surface area contributed by atoms with E-state index in [0.29, 0.717) is 12.3 Å². The zero-order chi connectivity index (χ0) is 15.8. The first-order valence-electron chi connectivity index (χ1n) is 8.10. The van der Waals surface area contributed by atoms with Crippen molar-refractivity contribution in [3.63, 3.8) is 0 Å². The molecule has 0 heterocycles. The van der Waals surface area contributed by atoms with E-state index in [1.165, 1.54) is 5.56 Å². The van der Waals surface area contributed by atoms with Gasteiger partial charge in [0.1, 0.15) is 0 Å². The molecule has 0 radical (unpaired) electrons. The van der Waals surface area contributed by atoms with Gasteiger partial charge in [0.15, 0.2) is 0 Å². The number of carbonyl (C=O) groups excluding carboxylic acids is 1. The molecule has 2 heteroatoms. The van der Waals surface area contributed by atoms with Crippen LogP contribution in [-0.4, -0.2) is 5.91 Å². The third kappa shape index (κ3) is 4.73. The van der Waals surface area contributed by atoms with E-state index < -0.39 is 0 Å². The normalized spacial score (nSPS) is 13.4. The summed E-state index contributed by atoms with van der Waals surface area (Å²) in [4.78, 5) is 12.4. The Bertz CT molecular complexity index is 565. The van der Waals surface area contributed by atoms with Gasteiger partial charge in [-0.1, -0.05) is 74.0 Å².